The van der Waals surface area contributed by atoms with Gasteiger partial charge >= 0.3 is 0 Å². The molecule has 0 spiro atoms. The standard InChI is InChI=1S/C18H22N4O2/c1-2-3-4-9-15-17(19-12-16(23)21-24)20-18-14-8-6-5-7-13(14)10-11-22(15)18/h5-8,10-11,19,24H,2-4,9,12H2,1H3,(H,21,23). The van der Waals surface area contributed by atoms with Crippen LogP contribution >= 0.6 is 0 Å². The zero-order valence-corrected chi connectivity index (χ0v) is 13.7. The number of aromatic nitrogens is 2. The first-order chi connectivity index (χ1) is 11.7. The quantitative estimate of drug-likeness (QED) is 0.354. The summed E-state index contributed by atoms with van der Waals surface area (Å²) in [5, 5.41) is 13.9. The lowest BCUT2D eigenvalue weighted by Gasteiger charge is -2.07. The van der Waals surface area contributed by atoms with Crippen LogP contribution in [0.4, 0.5) is 5.82 Å². The van der Waals surface area contributed by atoms with Gasteiger partial charge in [-0.3, -0.25) is 10.0 Å². The van der Waals surface area contributed by atoms with Crippen LogP contribution in [0.2, 0.25) is 0 Å². The van der Waals surface area contributed by atoms with Crippen molar-refractivity contribution in [3.05, 3.63) is 42.2 Å². The molecule has 3 aromatic rings. The van der Waals surface area contributed by atoms with Gasteiger partial charge < -0.3 is 9.72 Å². The van der Waals surface area contributed by atoms with Crippen LogP contribution in [-0.2, 0) is 11.2 Å². The molecule has 0 aliphatic heterocycles. The van der Waals surface area contributed by atoms with E-state index >= 15 is 0 Å². The molecule has 126 valence electrons. The summed E-state index contributed by atoms with van der Waals surface area (Å²) in [7, 11) is 0. The number of hydroxylamine groups is 1. The molecule has 6 heteroatoms. The Morgan fingerprint density at radius 1 is 1.25 bits per heavy atom. The van der Waals surface area contributed by atoms with E-state index in [1.165, 1.54) is 0 Å². The number of pyridine rings is 1. The summed E-state index contributed by atoms with van der Waals surface area (Å²) < 4.78 is 2.09. The average Bonchev–Trinajstić information content (AvgIpc) is 2.98. The van der Waals surface area contributed by atoms with Gasteiger partial charge in [0.25, 0.3) is 5.91 Å². The number of hydrogen-bond acceptors (Lipinski definition) is 4. The number of imidazole rings is 1. The molecule has 0 fully saturated rings. The second-order valence-electron chi connectivity index (χ2n) is 5.85. The van der Waals surface area contributed by atoms with Crippen molar-refractivity contribution < 1.29 is 10.0 Å². The molecule has 0 unspecified atom stereocenters. The number of anilines is 1. The monoisotopic (exact) mass is 326 g/mol. The lowest BCUT2D eigenvalue weighted by atomic mass is 10.1. The minimum Gasteiger partial charge on any atom is -0.359 e. The molecule has 6 nitrogen and oxygen atoms in total. The highest BCUT2D eigenvalue weighted by atomic mass is 16.5. The first-order valence-corrected chi connectivity index (χ1v) is 8.30. The van der Waals surface area contributed by atoms with Crippen molar-refractivity contribution >= 4 is 28.1 Å². The van der Waals surface area contributed by atoms with E-state index in [-0.39, 0.29) is 6.54 Å². The molecular formula is C18H22N4O2. The molecule has 0 bridgehead atoms. The summed E-state index contributed by atoms with van der Waals surface area (Å²) in [4.78, 5) is 16.0. The highest BCUT2D eigenvalue weighted by molar-refractivity contribution is 5.94. The van der Waals surface area contributed by atoms with Crippen LogP contribution in [0.15, 0.2) is 36.5 Å². The van der Waals surface area contributed by atoms with Gasteiger partial charge in [-0.2, -0.15) is 0 Å². The normalized spacial score (nSPS) is 11.1. The van der Waals surface area contributed by atoms with E-state index in [0.29, 0.717) is 5.82 Å². The molecule has 1 amide bonds. The van der Waals surface area contributed by atoms with Crippen LogP contribution in [0.5, 0.6) is 0 Å². The fourth-order valence-corrected chi connectivity index (χ4v) is 2.94. The van der Waals surface area contributed by atoms with E-state index in [4.69, 9.17) is 10.2 Å². The lowest BCUT2D eigenvalue weighted by Crippen LogP contribution is -2.27. The highest BCUT2D eigenvalue weighted by Gasteiger charge is 2.14. The fraction of sp³-hybridized carbons (Fsp3) is 0.333. The Bertz CT molecular complexity index is 857. The third-order valence-electron chi connectivity index (χ3n) is 4.17. The van der Waals surface area contributed by atoms with Gasteiger partial charge in [-0.05, 0) is 24.3 Å². The van der Waals surface area contributed by atoms with Crippen LogP contribution in [-0.4, -0.2) is 27.0 Å². The Kier molecular flexibility index (Phi) is 4.96. The molecule has 1 aromatic carbocycles. The van der Waals surface area contributed by atoms with Crippen LogP contribution in [0.1, 0.15) is 31.9 Å². The Morgan fingerprint density at radius 3 is 2.88 bits per heavy atom. The predicted molar refractivity (Wildman–Crippen MR) is 94.3 cm³/mol. The van der Waals surface area contributed by atoms with E-state index in [2.05, 4.69) is 34.8 Å². The van der Waals surface area contributed by atoms with Gasteiger partial charge in [-0.1, -0.05) is 44.0 Å². The van der Waals surface area contributed by atoms with Crippen molar-refractivity contribution in [2.45, 2.75) is 32.6 Å². The topological polar surface area (TPSA) is 78.7 Å². The molecule has 3 rings (SSSR count). The number of aryl methyl sites for hydroxylation is 1. The Balaban J connectivity index is 2.04. The minimum atomic E-state index is -0.489. The van der Waals surface area contributed by atoms with E-state index < -0.39 is 5.91 Å². The Hall–Kier alpha value is -2.60. The summed E-state index contributed by atoms with van der Waals surface area (Å²) in [6.45, 7) is 2.16. The number of carbonyl (C=O) groups is 1. The van der Waals surface area contributed by atoms with Crippen molar-refractivity contribution in [2.24, 2.45) is 0 Å². The smallest absolute Gasteiger partial charge is 0.262 e. The van der Waals surface area contributed by atoms with Crippen LogP contribution in [0.3, 0.4) is 0 Å². The van der Waals surface area contributed by atoms with Crippen molar-refractivity contribution in [2.75, 3.05) is 11.9 Å². The zero-order chi connectivity index (χ0) is 16.9. The van der Waals surface area contributed by atoms with E-state index in [0.717, 1.165) is 47.8 Å². The number of fused-ring (bicyclic) bond motifs is 3. The van der Waals surface area contributed by atoms with E-state index in [1.807, 2.05) is 18.3 Å². The largest absolute Gasteiger partial charge is 0.359 e. The molecule has 0 aliphatic rings. The minimum absolute atomic E-state index is 0.0148. The second kappa shape index (κ2) is 7.31. The summed E-state index contributed by atoms with van der Waals surface area (Å²) in [6.07, 6.45) is 6.28. The summed E-state index contributed by atoms with van der Waals surface area (Å²) >= 11 is 0. The van der Waals surface area contributed by atoms with Crippen molar-refractivity contribution in [1.82, 2.24) is 14.9 Å². The lowest BCUT2D eigenvalue weighted by molar-refractivity contribution is -0.127. The number of nitrogens with one attached hydrogen (secondary N) is 2. The maximum absolute atomic E-state index is 11.3. The highest BCUT2D eigenvalue weighted by Crippen LogP contribution is 2.26. The Labute approximate surface area is 140 Å². The SMILES string of the molecule is CCCCCc1c(NCC(=O)NO)nc2c3ccccc3ccn12. The van der Waals surface area contributed by atoms with Gasteiger partial charge in [0, 0.05) is 11.6 Å². The first-order valence-electron chi connectivity index (χ1n) is 8.30. The zero-order valence-electron chi connectivity index (χ0n) is 13.7. The average molecular weight is 326 g/mol. The molecule has 0 radical (unpaired) electrons. The van der Waals surface area contributed by atoms with Crippen molar-refractivity contribution in [1.29, 1.82) is 0 Å². The molecule has 2 heterocycles. The fourth-order valence-electron chi connectivity index (χ4n) is 2.94. The number of nitrogens with zero attached hydrogens (tertiary/aromatic N) is 2. The number of amides is 1. The van der Waals surface area contributed by atoms with E-state index in [9.17, 15) is 4.79 Å². The number of carbonyl (C=O) groups excluding carboxylic acids is 1. The van der Waals surface area contributed by atoms with E-state index in [1.54, 1.807) is 5.48 Å². The second-order valence-corrected chi connectivity index (χ2v) is 5.85. The van der Waals surface area contributed by atoms with Gasteiger partial charge in [0.2, 0.25) is 0 Å². The van der Waals surface area contributed by atoms with Crippen molar-refractivity contribution in [3.8, 4) is 0 Å². The molecule has 3 N–H and O–H groups in total. The summed E-state index contributed by atoms with van der Waals surface area (Å²) in [5.41, 5.74) is 3.58. The maximum atomic E-state index is 11.3. The van der Waals surface area contributed by atoms with Crippen molar-refractivity contribution in [3.63, 3.8) is 0 Å². The molecule has 2 aromatic heterocycles. The third kappa shape index (κ3) is 3.19. The van der Waals surface area contributed by atoms with Gasteiger partial charge in [-0.25, -0.2) is 10.5 Å². The third-order valence-corrected chi connectivity index (χ3v) is 4.17. The van der Waals surface area contributed by atoms with Gasteiger partial charge in [0.05, 0.1) is 12.2 Å². The number of benzene rings is 1. The van der Waals surface area contributed by atoms with Crippen LogP contribution in [0.25, 0.3) is 16.4 Å². The molecular weight excluding hydrogens is 304 g/mol. The predicted octanol–water partition coefficient (Wildman–Crippen LogP) is 3.14. The molecule has 0 saturated heterocycles. The molecule has 24 heavy (non-hydrogen) atoms. The van der Waals surface area contributed by atoms with Gasteiger partial charge in [-0.15, -0.1) is 0 Å². The van der Waals surface area contributed by atoms with Gasteiger partial charge in [0.15, 0.2) is 0 Å². The first kappa shape index (κ1) is 16.3. The molecule has 0 atom stereocenters. The molecule has 0 aliphatic carbocycles. The molecule has 0 saturated carbocycles. The number of hydrogen-bond donors (Lipinski definition) is 3. The maximum Gasteiger partial charge on any atom is 0.262 e. The van der Waals surface area contributed by atoms with Gasteiger partial charge in [0.1, 0.15) is 11.5 Å². The number of unbranched alkanes of at least 4 members (excludes halogenated alkanes) is 2. The number of rotatable bonds is 7. The summed E-state index contributed by atoms with van der Waals surface area (Å²) in [5.74, 6) is 0.211. The Morgan fingerprint density at radius 2 is 2.08 bits per heavy atom. The van der Waals surface area contributed by atoms with Crippen LogP contribution < -0.4 is 10.8 Å². The summed E-state index contributed by atoms with van der Waals surface area (Å²) in [6, 6.07) is 10.2. The van der Waals surface area contributed by atoms with Crippen LogP contribution in [0, 0.1) is 0 Å².